The zero-order valence-corrected chi connectivity index (χ0v) is 6.78. The van der Waals surface area contributed by atoms with Crippen LogP contribution in [0.3, 0.4) is 0 Å². The van der Waals surface area contributed by atoms with Crippen molar-refractivity contribution >= 4 is 12.0 Å². The molecule has 1 fully saturated rings. The summed E-state index contributed by atoms with van der Waals surface area (Å²) in [5.41, 5.74) is 4.75. The highest BCUT2D eigenvalue weighted by atomic mass is 16.5. The van der Waals surface area contributed by atoms with E-state index in [1.807, 2.05) is 0 Å². The largest absolute Gasteiger partial charge is 0.448 e. The first-order valence-corrected chi connectivity index (χ1v) is 3.90. The highest BCUT2D eigenvalue weighted by Gasteiger charge is 2.19. The Morgan fingerprint density at radius 2 is 2.42 bits per heavy atom. The molecule has 68 valence electrons. The average Bonchev–Trinajstić information content (AvgIpc) is 2.36. The van der Waals surface area contributed by atoms with Crippen molar-refractivity contribution in [1.82, 2.24) is 4.90 Å². The Balaban J connectivity index is 2.14. The summed E-state index contributed by atoms with van der Waals surface area (Å²) in [6.07, 6.45) is 0.716. The Morgan fingerprint density at radius 3 is 2.92 bits per heavy atom. The molecule has 0 aliphatic carbocycles. The molecule has 0 radical (unpaired) electrons. The minimum atomic E-state index is -0.790. The van der Waals surface area contributed by atoms with E-state index < -0.39 is 6.09 Å². The van der Waals surface area contributed by atoms with E-state index in [1.54, 1.807) is 4.90 Å². The number of primary amides is 1. The fourth-order valence-corrected chi connectivity index (χ4v) is 1.20. The number of hydrogen-bond donors (Lipinski definition) is 1. The molecule has 1 aliphatic heterocycles. The van der Waals surface area contributed by atoms with Crippen LogP contribution in [0.2, 0.25) is 0 Å². The molecule has 1 heterocycles. The fraction of sp³-hybridized carbons (Fsp3) is 0.714. The van der Waals surface area contributed by atoms with Gasteiger partial charge in [0.2, 0.25) is 5.91 Å². The third-order valence-electron chi connectivity index (χ3n) is 1.78. The van der Waals surface area contributed by atoms with E-state index in [9.17, 15) is 9.59 Å². The Bertz CT molecular complexity index is 193. The minimum absolute atomic E-state index is 0.128. The predicted molar refractivity (Wildman–Crippen MR) is 41.3 cm³/mol. The van der Waals surface area contributed by atoms with Gasteiger partial charge in [-0.15, -0.1) is 0 Å². The van der Waals surface area contributed by atoms with Gasteiger partial charge in [0.15, 0.2) is 0 Å². The van der Waals surface area contributed by atoms with Gasteiger partial charge in [0.1, 0.15) is 6.61 Å². The van der Waals surface area contributed by atoms with Crippen molar-refractivity contribution in [2.75, 3.05) is 19.7 Å². The van der Waals surface area contributed by atoms with E-state index in [4.69, 9.17) is 5.73 Å². The van der Waals surface area contributed by atoms with Crippen LogP contribution in [-0.4, -0.2) is 36.6 Å². The van der Waals surface area contributed by atoms with Crippen molar-refractivity contribution in [1.29, 1.82) is 0 Å². The van der Waals surface area contributed by atoms with Crippen molar-refractivity contribution in [2.45, 2.75) is 12.8 Å². The summed E-state index contributed by atoms with van der Waals surface area (Å²) in [5, 5.41) is 0. The highest BCUT2D eigenvalue weighted by molar-refractivity contribution is 5.78. The summed E-state index contributed by atoms with van der Waals surface area (Å²) in [6.45, 7) is 1.42. The van der Waals surface area contributed by atoms with Gasteiger partial charge in [0.05, 0.1) is 6.54 Å². The molecule has 2 N–H and O–H groups in total. The zero-order valence-electron chi connectivity index (χ0n) is 6.78. The summed E-state index contributed by atoms with van der Waals surface area (Å²) in [6, 6.07) is 0. The van der Waals surface area contributed by atoms with Crippen LogP contribution < -0.4 is 5.73 Å². The molecule has 0 spiro atoms. The molecule has 0 saturated carbocycles. The van der Waals surface area contributed by atoms with Crippen LogP contribution in [0.1, 0.15) is 12.8 Å². The Labute approximate surface area is 70.5 Å². The van der Waals surface area contributed by atoms with E-state index in [1.165, 1.54) is 0 Å². The molecule has 0 aromatic heterocycles. The number of rotatable bonds is 3. The zero-order chi connectivity index (χ0) is 8.97. The van der Waals surface area contributed by atoms with E-state index in [0.717, 1.165) is 13.0 Å². The van der Waals surface area contributed by atoms with Crippen molar-refractivity contribution in [3.8, 4) is 0 Å². The molecule has 2 amide bonds. The summed E-state index contributed by atoms with van der Waals surface area (Å²) in [7, 11) is 0. The van der Waals surface area contributed by atoms with Gasteiger partial charge in [-0.3, -0.25) is 4.79 Å². The highest BCUT2D eigenvalue weighted by Crippen LogP contribution is 2.08. The second-order valence-electron chi connectivity index (χ2n) is 2.65. The molecule has 0 bridgehead atoms. The molecule has 1 aliphatic rings. The average molecular weight is 172 g/mol. The summed E-state index contributed by atoms with van der Waals surface area (Å²) in [4.78, 5) is 22.8. The molecule has 1 rings (SSSR count). The third-order valence-corrected chi connectivity index (χ3v) is 1.78. The lowest BCUT2D eigenvalue weighted by Gasteiger charge is -2.14. The lowest BCUT2D eigenvalue weighted by Crippen LogP contribution is -2.30. The molecule has 1 saturated heterocycles. The summed E-state index contributed by atoms with van der Waals surface area (Å²) < 4.78 is 4.50. The summed E-state index contributed by atoms with van der Waals surface area (Å²) >= 11 is 0. The number of likely N-dealkylation sites (tertiary alicyclic amines) is 1. The van der Waals surface area contributed by atoms with Crippen LogP contribution in [0.25, 0.3) is 0 Å². The van der Waals surface area contributed by atoms with Gasteiger partial charge in [-0.1, -0.05) is 0 Å². The fourth-order valence-electron chi connectivity index (χ4n) is 1.20. The molecular weight excluding hydrogens is 160 g/mol. The van der Waals surface area contributed by atoms with E-state index in [-0.39, 0.29) is 12.5 Å². The topological polar surface area (TPSA) is 72.6 Å². The van der Waals surface area contributed by atoms with Crippen molar-refractivity contribution in [2.24, 2.45) is 5.73 Å². The van der Waals surface area contributed by atoms with Crippen molar-refractivity contribution in [3.05, 3.63) is 0 Å². The van der Waals surface area contributed by atoms with Gasteiger partial charge >= 0.3 is 6.09 Å². The predicted octanol–water partition coefficient (Wildman–Crippen LogP) is -0.296. The number of nitrogens with two attached hydrogens (primary N) is 1. The Kier molecular flexibility index (Phi) is 2.90. The molecule has 0 aromatic carbocycles. The van der Waals surface area contributed by atoms with E-state index in [0.29, 0.717) is 13.0 Å². The smallest absolute Gasteiger partial charge is 0.404 e. The minimum Gasteiger partial charge on any atom is -0.448 e. The molecule has 0 unspecified atom stereocenters. The lowest BCUT2D eigenvalue weighted by molar-refractivity contribution is -0.128. The van der Waals surface area contributed by atoms with Crippen LogP contribution in [0.5, 0.6) is 0 Å². The first kappa shape index (κ1) is 8.83. The standard InChI is InChI=1S/C7H12N2O3/c8-7(11)12-5-4-9-3-1-2-6(9)10/h1-5H2,(H2,8,11). The number of hydrogen-bond acceptors (Lipinski definition) is 3. The molecule has 5 nitrogen and oxygen atoms in total. The van der Waals surface area contributed by atoms with Crippen LogP contribution in [0, 0.1) is 0 Å². The molecule has 0 atom stereocenters. The number of carbonyl (C=O) groups excluding carboxylic acids is 2. The maximum atomic E-state index is 11.0. The second kappa shape index (κ2) is 3.94. The van der Waals surface area contributed by atoms with Gasteiger partial charge < -0.3 is 15.4 Å². The Hall–Kier alpha value is -1.26. The van der Waals surface area contributed by atoms with Gasteiger partial charge in [-0.05, 0) is 6.42 Å². The van der Waals surface area contributed by atoms with Crippen LogP contribution in [0.4, 0.5) is 4.79 Å². The third kappa shape index (κ3) is 2.41. The van der Waals surface area contributed by atoms with Crippen LogP contribution in [0.15, 0.2) is 0 Å². The number of amides is 2. The van der Waals surface area contributed by atoms with Gasteiger partial charge in [0, 0.05) is 13.0 Å². The Morgan fingerprint density at radius 1 is 1.67 bits per heavy atom. The molecule has 12 heavy (non-hydrogen) atoms. The van der Waals surface area contributed by atoms with Gasteiger partial charge in [-0.25, -0.2) is 4.79 Å². The number of carbonyl (C=O) groups is 2. The van der Waals surface area contributed by atoms with E-state index in [2.05, 4.69) is 4.74 Å². The monoisotopic (exact) mass is 172 g/mol. The molecule has 0 aromatic rings. The lowest BCUT2D eigenvalue weighted by atomic mass is 10.4. The molecule has 5 heteroatoms. The normalized spacial score (nSPS) is 16.7. The quantitative estimate of drug-likeness (QED) is 0.635. The van der Waals surface area contributed by atoms with Gasteiger partial charge in [-0.2, -0.15) is 0 Å². The first-order valence-electron chi connectivity index (χ1n) is 3.90. The van der Waals surface area contributed by atoms with Crippen molar-refractivity contribution in [3.63, 3.8) is 0 Å². The summed E-state index contributed by atoms with van der Waals surface area (Å²) in [5.74, 6) is 0.128. The van der Waals surface area contributed by atoms with Crippen LogP contribution >= 0.6 is 0 Å². The van der Waals surface area contributed by atoms with E-state index >= 15 is 0 Å². The maximum Gasteiger partial charge on any atom is 0.404 e. The van der Waals surface area contributed by atoms with Crippen molar-refractivity contribution < 1.29 is 14.3 Å². The first-order chi connectivity index (χ1) is 5.70. The number of ether oxygens (including phenoxy) is 1. The van der Waals surface area contributed by atoms with Crippen LogP contribution in [-0.2, 0) is 9.53 Å². The second-order valence-corrected chi connectivity index (χ2v) is 2.65. The maximum absolute atomic E-state index is 11.0. The number of nitrogens with zero attached hydrogens (tertiary/aromatic N) is 1. The molecular formula is C7H12N2O3. The van der Waals surface area contributed by atoms with Gasteiger partial charge in [0.25, 0.3) is 0 Å². The SMILES string of the molecule is NC(=O)OCCN1CCCC1=O.